The maximum absolute atomic E-state index is 14.0. The van der Waals surface area contributed by atoms with E-state index in [9.17, 15) is 14.0 Å². The Kier molecular flexibility index (Phi) is 6.40. The maximum Gasteiger partial charge on any atom is 0.271 e. The average molecular weight is 455 g/mol. The highest BCUT2D eigenvalue weighted by Gasteiger charge is 2.26. The van der Waals surface area contributed by atoms with Gasteiger partial charge in [0.05, 0.1) is 17.5 Å². The van der Waals surface area contributed by atoms with Crippen LogP contribution in [0.25, 0.3) is 0 Å². The lowest BCUT2D eigenvalue weighted by atomic mass is 9.91. The Labute approximate surface area is 188 Å². The van der Waals surface area contributed by atoms with Crippen molar-refractivity contribution in [3.63, 3.8) is 0 Å². The van der Waals surface area contributed by atoms with Crippen molar-refractivity contribution in [1.82, 2.24) is 14.3 Å². The van der Waals surface area contributed by atoms with Crippen LogP contribution in [0.5, 0.6) is 0 Å². The van der Waals surface area contributed by atoms with Gasteiger partial charge in [0.15, 0.2) is 17.3 Å². The summed E-state index contributed by atoms with van der Waals surface area (Å²) in [5.74, 6) is -0.459. The fourth-order valence-corrected chi connectivity index (χ4v) is 4.50. The topological polar surface area (TPSA) is 114 Å². The average Bonchev–Trinajstić information content (AvgIpc) is 3.18. The molecule has 10 heteroatoms. The molecule has 2 aromatic heterocycles. The molecule has 3 aromatic rings. The number of Topliss-reactive ketones (excluding diaryl/α,β-unsaturated/α-hetero) is 1. The van der Waals surface area contributed by atoms with Crippen molar-refractivity contribution in [2.24, 2.45) is 11.7 Å². The predicted octanol–water partition coefficient (Wildman–Crippen LogP) is 3.71. The predicted molar refractivity (Wildman–Crippen MR) is 121 cm³/mol. The number of anilines is 3. The zero-order valence-electron chi connectivity index (χ0n) is 17.5. The smallest absolute Gasteiger partial charge is 0.271 e. The summed E-state index contributed by atoms with van der Waals surface area (Å²) in [6.07, 6.45) is 3.51. The Bertz CT molecular complexity index is 1150. The molecule has 0 unspecified atom stereocenters. The van der Waals surface area contributed by atoms with Crippen LogP contribution < -0.4 is 16.0 Å². The lowest BCUT2D eigenvalue weighted by molar-refractivity contribution is 0.0951. The lowest BCUT2D eigenvalue weighted by Gasteiger charge is -2.33. The van der Waals surface area contributed by atoms with Crippen LogP contribution in [0, 0.1) is 18.7 Å². The fraction of sp³-hybridized carbons (Fsp3) is 0.318. The molecule has 0 radical (unpaired) electrons. The third-order valence-corrected chi connectivity index (χ3v) is 6.15. The van der Waals surface area contributed by atoms with Crippen LogP contribution in [0.2, 0.25) is 0 Å². The van der Waals surface area contributed by atoms with E-state index in [1.54, 1.807) is 12.1 Å². The molecule has 1 saturated heterocycles. The van der Waals surface area contributed by atoms with Gasteiger partial charge in [-0.1, -0.05) is 12.1 Å². The Morgan fingerprint density at radius 1 is 1.34 bits per heavy atom. The number of nitrogens with zero attached hydrogens (tertiary/aromatic N) is 4. The Hall–Kier alpha value is -3.40. The molecule has 1 aliphatic rings. The standard InChI is InChI=1S/C22H23FN6O2S/c1-13-9-19(32-28-13)27-22-20(21(24)31)25-11-18(26-22)29-8-4-5-14(12-29)10-17(30)15-6-2-3-7-16(15)23/h2-3,6-7,9,11,14H,4-5,8,10,12H2,1H3,(H2,24,31)(H,26,27)/t14-/m0/s1. The molecular weight excluding hydrogens is 431 g/mol. The highest BCUT2D eigenvalue weighted by molar-refractivity contribution is 7.10. The van der Waals surface area contributed by atoms with E-state index < -0.39 is 11.7 Å². The highest BCUT2D eigenvalue weighted by Crippen LogP contribution is 2.28. The van der Waals surface area contributed by atoms with Gasteiger partial charge in [0.2, 0.25) is 0 Å². The number of amides is 1. The zero-order valence-corrected chi connectivity index (χ0v) is 18.4. The number of carbonyl (C=O) groups excluding carboxylic acids is 2. The van der Waals surface area contributed by atoms with Gasteiger partial charge in [-0.05, 0) is 55.4 Å². The van der Waals surface area contributed by atoms with Gasteiger partial charge in [-0.25, -0.2) is 14.4 Å². The molecular formula is C22H23FN6O2S. The van der Waals surface area contributed by atoms with E-state index in [0.29, 0.717) is 12.4 Å². The third-order valence-electron chi connectivity index (χ3n) is 5.35. The molecule has 32 heavy (non-hydrogen) atoms. The number of nitrogens with two attached hydrogens (primary N) is 1. The molecule has 3 N–H and O–H groups in total. The molecule has 1 aliphatic heterocycles. The monoisotopic (exact) mass is 454 g/mol. The van der Waals surface area contributed by atoms with Gasteiger partial charge < -0.3 is 16.0 Å². The van der Waals surface area contributed by atoms with Gasteiger partial charge in [0, 0.05) is 19.5 Å². The first kappa shape index (κ1) is 21.8. The number of piperidine rings is 1. The normalized spacial score (nSPS) is 16.1. The van der Waals surface area contributed by atoms with E-state index in [2.05, 4.69) is 19.7 Å². The minimum absolute atomic E-state index is 0.0445. The SMILES string of the molecule is Cc1cc(Nc2nc(N3CCC[C@@H](CC(=O)c4ccccc4F)C3)cnc2C(N)=O)sn1. The van der Waals surface area contributed by atoms with Gasteiger partial charge in [-0.2, -0.15) is 4.37 Å². The molecule has 0 aliphatic carbocycles. The molecule has 0 saturated carbocycles. The second-order valence-electron chi connectivity index (χ2n) is 7.81. The van der Waals surface area contributed by atoms with Gasteiger partial charge in [0.25, 0.3) is 5.91 Å². The van der Waals surface area contributed by atoms with Gasteiger partial charge in [0.1, 0.15) is 16.6 Å². The number of nitrogens with one attached hydrogen (secondary N) is 1. The number of aromatic nitrogens is 3. The number of ketones is 1. The van der Waals surface area contributed by atoms with Crippen molar-refractivity contribution in [2.45, 2.75) is 26.2 Å². The van der Waals surface area contributed by atoms with Gasteiger partial charge in [-0.15, -0.1) is 0 Å². The zero-order chi connectivity index (χ0) is 22.7. The van der Waals surface area contributed by atoms with Crippen molar-refractivity contribution in [2.75, 3.05) is 23.3 Å². The van der Waals surface area contributed by atoms with E-state index in [1.807, 2.05) is 17.9 Å². The molecule has 4 rings (SSSR count). The summed E-state index contributed by atoms with van der Waals surface area (Å²) < 4.78 is 18.2. The van der Waals surface area contributed by atoms with Crippen molar-refractivity contribution >= 4 is 39.9 Å². The van der Waals surface area contributed by atoms with Crippen LogP contribution in [0.4, 0.5) is 21.0 Å². The molecule has 8 nitrogen and oxygen atoms in total. The third kappa shape index (κ3) is 4.91. The molecule has 0 spiro atoms. The summed E-state index contributed by atoms with van der Waals surface area (Å²) in [6.45, 7) is 3.20. The fourth-order valence-electron chi connectivity index (χ4n) is 3.84. The Morgan fingerprint density at radius 2 is 2.16 bits per heavy atom. The summed E-state index contributed by atoms with van der Waals surface area (Å²) >= 11 is 1.25. The van der Waals surface area contributed by atoms with E-state index in [-0.39, 0.29) is 35.2 Å². The first-order chi connectivity index (χ1) is 15.4. The summed E-state index contributed by atoms with van der Waals surface area (Å²) in [5.41, 5.74) is 6.49. The number of hydrogen-bond donors (Lipinski definition) is 2. The molecule has 1 amide bonds. The van der Waals surface area contributed by atoms with E-state index in [0.717, 1.165) is 30.1 Å². The molecule has 166 valence electrons. The molecule has 1 aromatic carbocycles. The number of rotatable bonds is 7. The van der Waals surface area contributed by atoms with E-state index in [4.69, 9.17) is 5.73 Å². The van der Waals surface area contributed by atoms with Crippen LogP contribution in [0.15, 0.2) is 36.5 Å². The quantitative estimate of drug-likeness (QED) is 0.523. The van der Waals surface area contributed by atoms with Crippen molar-refractivity contribution in [1.29, 1.82) is 0 Å². The minimum Gasteiger partial charge on any atom is -0.364 e. The van der Waals surface area contributed by atoms with Crippen LogP contribution >= 0.6 is 11.5 Å². The second-order valence-corrected chi connectivity index (χ2v) is 8.61. The van der Waals surface area contributed by atoms with Gasteiger partial charge in [-0.3, -0.25) is 9.59 Å². The van der Waals surface area contributed by atoms with Crippen LogP contribution in [0.1, 0.15) is 45.8 Å². The summed E-state index contributed by atoms with van der Waals surface area (Å²) in [5, 5.41) is 3.81. The molecule has 1 atom stereocenters. The van der Waals surface area contributed by atoms with E-state index >= 15 is 0 Å². The van der Waals surface area contributed by atoms with Crippen LogP contribution in [-0.4, -0.2) is 39.1 Å². The first-order valence-electron chi connectivity index (χ1n) is 10.3. The molecule has 3 heterocycles. The number of primary amides is 1. The first-order valence-corrected chi connectivity index (χ1v) is 11.1. The van der Waals surface area contributed by atoms with Crippen molar-refractivity contribution in [3.05, 3.63) is 59.3 Å². The van der Waals surface area contributed by atoms with Crippen LogP contribution in [-0.2, 0) is 0 Å². The Balaban J connectivity index is 1.51. The van der Waals surface area contributed by atoms with Gasteiger partial charge >= 0.3 is 0 Å². The second kappa shape index (κ2) is 9.39. The molecule has 1 fully saturated rings. The highest BCUT2D eigenvalue weighted by atomic mass is 32.1. The number of halogens is 1. The lowest BCUT2D eigenvalue weighted by Crippen LogP contribution is -2.37. The van der Waals surface area contributed by atoms with Crippen molar-refractivity contribution in [3.8, 4) is 0 Å². The summed E-state index contributed by atoms with van der Waals surface area (Å²) in [6, 6.07) is 7.90. The van der Waals surface area contributed by atoms with Crippen LogP contribution in [0.3, 0.4) is 0 Å². The minimum atomic E-state index is -0.681. The van der Waals surface area contributed by atoms with E-state index in [1.165, 1.54) is 29.9 Å². The number of carbonyl (C=O) groups is 2. The summed E-state index contributed by atoms with van der Waals surface area (Å²) in [4.78, 5) is 35.3. The number of hydrogen-bond acceptors (Lipinski definition) is 8. The van der Waals surface area contributed by atoms with Crippen molar-refractivity contribution < 1.29 is 14.0 Å². The number of benzene rings is 1. The summed E-state index contributed by atoms with van der Waals surface area (Å²) in [7, 11) is 0. The largest absolute Gasteiger partial charge is 0.364 e. The molecule has 0 bridgehead atoms. The Morgan fingerprint density at radius 3 is 2.88 bits per heavy atom. The maximum atomic E-state index is 14.0. The number of aryl methyl sites for hydroxylation is 1.